The van der Waals surface area contributed by atoms with Crippen molar-refractivity contribution in [2.75, 3.05) is 20.6 Å². The molecular formula is C7H18N2O2. The van der Waals surface area contributed by atoms with Gasteiger partial charge in [0.1, 0.15) is 0 Å². The summed E-state index contributed by atoms with van der Waals surface area (Å²) in [4.78, 5) is 0. The van der Waals surface area contributed by atoms with Crippen molar-refractivity contribution < 1.29 is 10.4 Å². The topological polar surface area (TPSA) is 46.9 Å². The van der Waals surface area contributed by atoms with Gasteiger partial charge >= 0.3 is 0 Å². The van der Waals surface area contributed by atoms with Crippen LogP contribution in [-0.4, -0.2) is 47.2 Å². The predicted octanol–water partition coefficient (Wildman–Crippen LogP) is 0.797. The Balaban J connectivity index is 3.69. The summed E-state index contributed by atoms with van der Waals surface area (Å²) in [6, 6.07) is 0.0231. The highest BCUT2D eigenvalue weighted by atomic mass is 16.5. The van der Waals surface area contributed by atoms with Crippen LogP contribution in [0.5, 0.6) is 0 Å². The first kappa shape index (κ1) is 10.8. The molecule has 0 saturated carbocycles. The number of hydrogen-bond donors (Lipinski definition) is 2. The molecule has 4 nitrogen and oxygen atoms in total. The van der Waals surface area contributed by atoms with Crippen molar-refractivity contribution in [3.05, 3.63) is 0 Å². The van der Waals surface area contributed by atoms with E-state index in [0.717, 1.165) is 23.0 Å². The van der Waals surface area contributed by atoms with Crippen molar-refractivity contribution in [3.63, 3.8) is 0 Å². The van der Waals surface area contributed by atoms with Gasteiger partial charge in [0.05, 0.1) is 0 Å². The van der Waals surface area contributed by atoms with Crippen LogP contribution in [0.1, 0.15) is 19.8 Å². The molecule has 68 valence electrons. The average Bonchev–Trinajstić information content (AvgIpc) is 1.86. The lowest BCUT2D eigenvalue weighted by molar-refractivity contribution is -0.146. The second kappa shape index (κ2) is 5.49. The fourth-order valence-electron chi connectivity index (χ4n) is 1.03. The zero-order valence-electron chi connectivity index (χ0n) is 7.49. The fourth-order valence-corrected chi connectivity index (χ4v) is 1.03. The van der Waals surface area contributed by atoms with Gasteiger partial charge in [0.2, 0.25) is 0 Å². The summed E-state index contributed by atoms with van der Waals surface area (Å²) in [5.74, 6) is 0. The van der Waals surface area contributed by atoms with Gasteiger partial charge in [-0.2, -0.15) is 10.1 Å². The van der Waals surface area contributed by atoms with Crippen LogP contribution in [0, 0.1) is 0 Å². The minimum Gasteiger partial charge on any atom is -0.314 e. The van der Waals surface area contributed by atoms with E-state index in [4.69, 9.17) is 10.4 Å². The van der Waals surface area contributed by atoms with Gasteiger partial charge in [-0.05, 0) is 6.42 Å². The SMILES string of the molecule is CCCC(CN(C)O)N(C)O. The third-order valence-corrected chi connectivity index (χ3v) is 1.63. The second-order valence-electron chi connectivity index (χ2n) is 2.86. The molecule has 0 aromatic rings. The number of nitrogens with zero attached hydrogens (tertiary/aromatic N) is 2. The first-order valence-corrected chi connectivity index (χ1v) is 3.89. The van der Waals surface area contributed by atoms with Gasteiger partial charge in [0.25, 0.3) is 0 Å². The summed E-state index contributed by atoms with van der Waals surface area (Å²) in [6.45, 7) is 2.52. The highest BCUT2D eigenvalue weighted by Crippen LogP contribution is 2.02. The Morgan fingerprint density at radius 2 is 1.82 bits per heavy atom. The van der Waals surface area contributed by atoms with Gasteiger partial charge in [0.15, 0.2) is 0 Å². The molecule has 0 heterocycles. The van der Waals surface area contributed by atoms with Gasteiger partial charge in [-0.15, -0.1) is 0 Å². The molecule has 0 saturated heterocycles. The fraction of sp³-hybridized carbons (Fsp3) is 1.00. The highest BCUT2D eigenvalue weighted by Gasteiger charge is 2.12. The molecular weight excluding hydrogens is 144 g/mol. The minimum absolute atomic E-state index is 0.0231. The molecule has 2 N–H and O–H groups in total. The predicted molar refractivity (Wildman–Crippen MR) is 42.7 cm³/mol. The summed E-state index contributed by atoms with van der Waals surface area (Å²) in [6.07, 6.45) is 1.89. The molecule has 0 aromatic heterocycles. The van der Waals surface area contributed by atoms with E-state index in [0.29, 0.717) is 6.54 Å². The van der Waals surface area contributed by atoms with E-state index >= 15 is 0 Å². The summed E-state index contributed by atoms with van der Waals surface area (Å²) in [5.41, 5.74) is 0. The number of likely N-dealkylation sites (N-methyl/N-ethyl adjacent to an activating group) is 2. The Kier molecular flexibility index (Phi) is 5.41. The smallest absolute Gasteiger partial charge is 0.0497 e. The molecule has 1 atom stereocenters. The standard InChI is InChI=1S/C7H18N2O2/c1-4-5-7(9(3)11)6-8(2)10/h7,10-11H,4-6H2,1-3H3. The van der Waals surface area contributed by atoms with E-state index in [1.54, 1.807) is 14.1 Å². The maximum atomic E-state index is 9.09. The minimum atomic E-state index is 0.0231. The van der Waals surface area contributed by atoms with Crippen molar-refractivity contribution in [1.82, 2.24) is 10.1 Å². The molecule has 0 fully saturated rings. The number of rotatable bonds is 5. The van der Waals surface area contributed by atoms with Crippen LogP contribution in [0.15, 0.2) is 0 Å². The van der Waals surface area contributed by atoms with E-state index in [1.165, 1.54) is 0 Å². The molecule has 0 amide bonds. The molecule has 0 spiro atoms. The molecule has 0 aromatic carbocycles. The summed E-state index contributed by atoms with van der Waals surface area (Å²) >= 11 is 0. The van der Waals surface area contributed by atoms with E-state index in [-0.39, 0.29) is 6.04 Å². The molecule has 4 heteroatoms. The quantitative estimate of drug-likeness (QED) is 0.587. The maximum Gasteiger partial charge on any atom is 0.0497 e. The van der Waals surface area contributed by atoms with Gasteiger partial charge < -0.3 is 10.4 Å². The van der Waals surface area contributed by atoms with Crippen LogP contribution in [0.3, 0.4) is 0 Å². The van der Waals surface area contributed by atoms with Crippen molar-refractivity contribution in [2.45, 2.75) is 25.8 Å². The maximum absolute atomic E-state index is 9.09. The molecule has 0 bridgehead atoms. The first-order chi connectivity index (χ1) is 5.07. The van der Waals surface area contributed by atoms with E-state index in [9.17, 15) is 0 Å². The van der Waals surface area contributed by atoms with Crippen molar-refractivity contribution >= 4 is 0 Å². The molecule has 11 heavy (non-hydrogen) atoms. The van der Waals surface area contributed by atoms with Gasteiger partial charge in [0, 0.05) is 26.7 Å². The number of hydrogen-bond acceptors (Lipinski definition) is 4. The van der Waals surface area contributed by atoms with Crippen LogP contribution >= 0.6 is 0 Å². The van der Waals surface area contributed by atoms with Crippen molar-refractivity contribution in [2.24, 2.45) is 0 Å². The molecule has 0 aliphatic rings. The molecule has 0 aliphatic carbocycles. The third-order valence-electron chi connectivity index (χ3n) is 1.63. The number of hydroxylamine groups is 4. The van der Waals surface area contributed by atoms with E-state index in [1.807, 2.05) is 6.92 Å². The van der Waals surface area contributed by atoms with Crippen LogP contribution in [-0.2, 0) is 0 Å². The zero-order chi connectivity index (χ0) is 8.85. The second-order valence-corrected chi connectivity index (χ2v) is 2.86. The lowest BCUT2D eigenvalue weighted by Crippen LogP contribution is -2.37. The van der Waals surface area contributed by atoms with Crippen LogP contribution in [0.2, 0.25) is 0 Å². The molecule has 0 radical (unpaired) electrons. The van der Waals surface area contributed by atoms with Gasteiger partial charge in [-0.25, -0.2) is 0 Å². The third kappa shape index (κ3) is 5.15. The van der Waals surface area contributed by atoms with Crippen molar-refractivity contribution in [3.8, 4) is 0 Å². The molecule has 1 unspecified atom stereocenters. The van der Waals surface area contributed by atoms with Gasteiger partial charge in [-0.3, -0.25) is 0 Å². The Labute approximate surface area is 67.9 Å². The Hall–Kier alpha value is -0.160. The largest absolute Gasteiger partial charge is 0.314 e. The average molecular weight is 162 g/mol. The monoisotopic (exact) mass is 162 g/mol. The van der Waals surface area contributed by atoms with Crippen LogP contribution < -0.4 is 0 Å². The normalized spacial score (nSPS) is 14.5. The zero-order valence-corrected chi connectivity index (χ0v) is 7.49. The first-order valence-electron chi connectivity index (χ1n) is 3.89. The van der Waals surface area contributed by atoms with E-state index in [2.05, 4.69) is 0 Å². The highest BCUT2D eigenvalue weighted by molar-refractivity contribution is 4.63. The van der Waals surface area contributed by atoms with Crippen molar-refractivity contribution in [1.29, 1.82) is 0 Å². The summed E-state index contributed by atoms with van der Waals surface area (Å²) in [5, 5.41) is 20.2. The lowest BCUT2D eigenvalue weighted by atomic mass is 10.1. The lowest BCUT2D eigenvalue weighted by Gasteiger charge is -2.23. The van der Waals surface area contributed by atoms with Crippen LogP contribution in [0.25, 0.3) is 0 Å². The Bertz CT molecular complexity index is 96.4. The molecule has 0 aliphatic heterocycles. The van der Waals surface area contributed by atoms with Gasteiger partial charge in [-0.1, -0.05) is 13.3 Å². The Morgan fingerprint density at radius 3 is 2.09 bits per heavy atom. The summed E-state index contributed by atoms with van der Waals surface area (Å²) < 4.78 is 0. The van der Waals surface area contributed by atoms with Crippen LogP contribution in [0.4, 0.5) is 0 Å². The van der Waals surface area contributed by atoms with E-state index < -0.39 is 0 Å². The Morgan fingerprint density at radius 1 is 1.27 bits per heavy atom. The molecule has 0 rings (SSSR count). The summed E-state index contributed by atoms with van der Waals surface area (Å²) in [7, 11) is 3.18.